The summed E-state index contributed by atoms with van der Waals surface area (Å²) in [6, 6.07) is 1.67. The second-order valence-electron chi connectivity index (χ2n) is 14.1. The average molecular weight is 621 g/mol. The van der Waals surface area contributed by atoms with E-state index >= 15 is 0 Å². The van der Waals surface area contributed by atoms with Gasteiger partial charge in [0, 0.05) is 22.3 Å². The highest BCUT2D eigenvalue weighted by Crippen LogP contribution is 2.65. The Hall–Kier alpha value is -3.14. The standard InChI is InChI=1S/C34H43F3O7/c1-9-19(34(35,36)37)11-10-18-12-20(15(2)3)21-13-31(7)14-32(8)24(16(4)5)27(40)22(17(6)38)29(42)33(32,44)30(43)25(31)28(41)23(21)26(18)39/h12,15-16,19,24,39,41-42,44H,9-11,13-14H2,1-8H3/t19?,24?,31-,32-,33+/m1/s1. The van der Waals surface area contributed by atoms with Gasteiger partial charge in [-0.2, -0.15) is 13.2 Å². The molecule has 242 valence electrons. The summed E-state index contributed by atoms with van der Waals surface area (Å²) in [5, 5.41) is 46.7. The topological polar surface area (TPSA) is 132 Å². The molecule has 0 aliphatic heterocycles. The van der Waals surface area contributed by atoms with Crippen molar-refractivity contribution in [2.45, 2.75) is 105 Å². The molecule has 3 aliphatic carbocycles. The second-order valence-corrected chi connectivity index (χ2v) is 14.1. The molecule has 0 heterocycles. The van der Waals surface area contributed by atoms with Crippen molar-refractivity contribution in [2.24, 2.45) is 28.6 Å². The van der Waals surface area contributed by atoms with Crippen molar-refractivity contribution in [2.75, 3.05) is 0 Å². The van der Waals surface area contributed by atoms with Crippen molar-refractivity contribution in [1.82, 2.24) is 0 Å². The van der Waals surface area contributed by atoms with Gasteiger partial charge in [0.25, 0.3) is 0 Å². The number of allylic oxidation sites excluding steroid dienone is 1. The number of aliphatic hydroxyl groups is 3. The molecule has 4 N–H and O–H groups in total. The number of aryl methyl sites for hydroxylation is 1. The maximum Gasteiger partial charge on any atom is 0.391 e. The van der Waals surface area contributed by atoms with Crippen molar-refractivity contribution in [3.63, 3.8) is 0 Å². The lowest BCUT2D eigenvalue weighted by Gasteiger charge is -2.60. The average Bonchev–Trinajstić information content (AvgIpc) is 2.86. The maximum absolute atomic E-state index is 14.5. The van der Waals surface area contributed by atoms with Gasteiger partial charge < -0.3 is 20.4 Å². The summed E-state index contributed by atoms with van der Waals surface area (Å²) in [6.07, 6.45) is -4.88. The van der Waals surface area contributed by atoms with E-state index in [4.69, 9.17) is 0 Å². The summed E-state index contributed by atoms with van der Waals surface area (Å²) < 4.78 is 40.5. The molecule has 0 radical (unpaired) electrons. The van der Waals surface area contributed by atoms with Gasteiger partial charge in [0.15, 0.2) is 17.2 Å². The third kappa shape index (κ3) is 4.62. The van der Waals surface area contributed by atoms with Crippen LogP contribution in [0, 0.1) is 28.6 Å². The molecule has 1 saturated carbocycles. The van der Waals surface area contributed by atoms with E-state index in [1.807, 2.05) is 13.8 Å². The van der Waals surface area contributed by atoms with Crippen LogP contribution in [0.3, 0.4) is 0 Å². The quantitative estimate of drug-likeness (QED) is 0.246. The summed E-state index contributed by atoms with van der Waals surface area (Å²) in [7, 11) is 0. The monoisotopic (exact) mass is 620 g/mol. The van der Waals surface area contributed by atoms with Crippen molar-refractivity contribution in [1.29, 1.82) is 0 Å². The fraction of sp³-hybridized carbons (Fsp3) is 0.618. The summed E-state index contributed by atoms with van der Waals surface area (Å²) in [5.74, 6) is -7.87. The predicted octanol–water partition coefficient (Wildman–Crippen LogP) is 6.83. The zero-order valence-corrected chi connectivity index (χ0v) is 26.6. The number of carbonyl (C=O) groups excluding carboxylic acids is 3. The zero-order valence-electron chi connectivity index (χ0n) is 26.6. The molecule has 3 aliphatic rings. The first-order chi connectivity index (χ1) is 20.1. The maximum atomic E-state index is 14.5. The van der Waals surface area contributed by atoms with E-state index < -0.39 is 80.6 Å². The Labute approximate surface area is 255 Å². The molecular formula is C34H43F3O7. The number of halogens is 3. The Balaban J connectivity index is 2.00. The number of rotatable bonds is 7. The number of benzene rings is 1. The molecule has 0 saturated heterocycles. The van der Waals surface area contributed by atoms with Crippen LogP contribution in [0.5, 0.6) is 5.75 Å². The van der Waals surface area contributed by atoms with Crippen LogP contribution in [-0.4, -0.2) is 49.6 Å². The molecule has 0 aromatic heterocycles. The normalized spacial score (nSPS) is 29.6. The third-order valence-electron chi connectivity index (χ3n) is 10.5. The van der Waals surface area contributed by atoms with Crippen molar-refractivity contribution >= 4 is 23.1 Å². The minimum absolute atomic E-state index is 0.0330. The lowest BCUT2D eigenvalue weighted by atomic mass is 9.43. The zero-order chi connectivity index (χ0) is 33.5. The Kier molecular flexibility index (Phi) is 8.24. The van der Waals surface area contributed by atoms with Crippen LogP contribution in [-0.2, 0) is 27.2 Å². The summed E-state index contributed by atoms with van der Waals surface area (Å²) in [4.78, 5) is 40.7. The van der Waals surface area contributed by atoms with Crippen LogP contribution in [0.25, 0.3) is 5.76 Å². The summed E-state index contributed by atoms with van der Waals surface area (Å²) >= 11 is 0. The van der Waals surface area contributed by atoms with Gasteiger partial charge in [0.05, 0.1) is 11.5 Å². The number of aromatic hydroxyl groups is 1. The van der Waals surface area contributed by atoms with E-state index in [0.717, 1.165) is 6.92 Å². The number of phenolic OH excluding ortho intramolecular Hbond substituents is 1. The van der Waals surface area contributed by atoms with Gasteiger partial charge in [-0.05, 0) is 67.6 Å². The van der Waals surface area contributed by atoms with Crippen molar-refractivity contribution in [3.8, 4) is 5.75 Å². The molecule has 7 nitrogen and oxygen atoms in total. The van der Waals surface area contributed by atoms with Gasteiger partial charge in [-0.25, -0.2) is 0 Å². The number of hydrogen-bond acceptors (Lipinski definition) is 7. The molecule has 1 fully saturated rings. The van der Waals surface area contributed by atoms with E-state index in [1.54, 1.807) is 33.8 Å². The number of Topliss-reactive ketones (excluding diaryl/α,β-unsaturated/α-hetero) is 3. The predicted molar refractivity (Wildman–Crippen MR) is 158 cm³/mol. The van der Waals surface area contributed by atoms with Crippen LogP contribution < -0.4 is 0 Å². The highest BCUT2D eigenvalue weighted by Gasteiger charge is 2.72. The van der Waals surface area contributed by atoms with Crippen LogP contribution in [0.2, 0.25) is 0 Å². The Bertz CT molecular complexity index is 1500. The van der Waals surface area contributed by atoms with Crippen LogP contribution in [0.15, 0.2) is 23.0 Å². The first kappa shape index (κ1) is 33.7. The first-order valence-electron chi connectivity index (χ1n) is 15.2. The SMILES string of the molecule is CCC(CCc1cc(C(C)C)c2c(c1O)C(O)=C1C(=O)[C@@]3(O)C(O)=C(C(C)=O)C(=O)C(C(C)C)[C@@]3(C)C[C@@]1(C)C2)C(F)(F)F. The van der Waals surface area contributed by atoms with Gasteiger partial charge >= 0.3 is 6.18 Å². The first-order valence-corrected chi connectivity index (χ1v) is 15.2. The van der Waals surface area contributed by atoms with E-state index in [2.05, 4.69) is 0 Å². The lowest BCUT2D eigenvalue weighted by molar-refractivity contribution is -0.179. The highest BCUT2D eigenvalue weighted by molar-refractivity contribution is 6.24. The summed E-state index contributed by atoms with van der Waals surface area (Å²) in [5.41, 5.74) is -5.05. The number of carbonyl (C=O) groups is 3. The molecule has 44 heavy (non-hydrogen) atoms. The molecule has 10 heteroatoms. The fourth-order valence-electron chi connectivity index (χ4n) is 8.51. The smallest absolute Gasteiger partial charge is 0.391 e. The van der Waals surface area contributed by atoms with Gasteiger partial charge in [-0.1, -0.05) is 54.5 Å². The Morgan fingerprint density at radius 2 is 1.68 bits per heavy atom. The fourth-order valence-corrected chi connectivity index (χ4v) is 8.51. The molecule has 1 aromatic rings. The van der Waals surface area contributed by atoms with Crippen molar-refractivity contribution in [3.05, 3.63) is 45.2 Å². The van der Waals surface area contributed by atoms with E-state index in [0.29, 0.717) is 11.1 Å². The van der Waals surface area contributed by atoms with Gasteiger partial charge in [0.2, 0.25) is 5.78 Å². The van der Waals surface area contributed by atoms with Gasteiger partial charge in [-0.3, -0.25) is 14.4 Å². The van der Waals surface area contributed by atoms with Crippen LogP contribution in [0.4, 0.5) is 13.2 Å². The Morgan fingerprint density at radius 3 is 2.16 bits per heavy atom. The number of aliphatic hydroxyl groups excluding tert-OH is 2. The number of fused-ring (bicyclic) bond motifs is 3. The molecular weight excluding hydrogens is 577 g/mol. The third-order valence-corrected chi connectivity index (χ3v) is 10.5. The number of ketones is 3. The minimum Gasteiger partial charge on any atom is -0.508 e. The van der Waals surface area contributed by atoms with E-state index in [9.17, 15) is 48.0 Å². The van der Waals surface area contributed by atoms with Crippen LogP contribution >= 0.6 is 0 Å². The Morgan fingerprint density at radius 1 is 1.09 bits per heavy atom. The second kappa shape index (κ2) is 10.7. The number of phenols is 1. The molecule has 0 amide bonds. The number of alkyl halides is 3. The molecule has 1 aromatic carbocycles. The molecule has 2 unspecified atom stereocenters. The molecule has 0 spiro atoms. The van der Waals surface area contributed by atoms with E-state index in [-0.39, 0.29) is 54.7 Å². The highest BCUT2D eigenvalue weighted by atomic mass is 19.4. The van der Waals surface area contributed by atoms with E-state index in [1.165, 1.54) is 6.92 Å². The molecule has 5 atom stereocenters. The molecule has 0 bridgehead atoms. The molecule has 4 rings (SSSR count). The van der Waals surface area contributed by atoms with Crippen LogP contribution in [0.1, 0.15) is 103 Å². The number of hydrogen-bond donors (Lipinski definition) is 4. The van der Waals surface area contributed by atoms with Gasteiger partial charge in [-0.15, -0.1) is 0 Å². The summed E-state index contributed by atoms with van der Waals surface area (Å²) in [6.45, 7) is 13.0. The lowest BCUT2D eigenvalue weighted by Crippen LogP contribution is -2.69. The minimum atomic E-state index is -4.41. The largest absolute Gasteiger partial charge is 0.508 e. The van der Waals surface area contributed by atoms with Gasteiger partial charge in [0.1, 0.15) is 22.8 Å². The van der Waals surface area contributed by atoms with Crippen molar-refractivity contribution < 1.29 is 48.0 Å².